The molecular formula is C18H13BO3. The fourth-order valence-electron chi connectivity index (χ4n) is 3.09. The van der Waals surface area contributed by atoms with Crippen LogP contribution in [0, 0.1) is 0 Å². The van der Waals surface area contributed by atoms with Gasteiger partial charge in [-0.25, -0.2) is 0 Å². The van der Waals surface area contributed by atoms with Gasteiger partial charge in [-0.2, -0.15) is 0 Å². The summed E-state index contributed by atoms with van der Waals surface area (Å²) in [6, 6.07) is 17.6. The number of fused-ring (bicyclic) bond motifs is 2. The molecule has 106 valence electrons. The van der Waals surface area contributed by atoms with Gasteiger partial charge in [-0.15, -0.1) is 0 Å². The first kappa shape index (κ1) is 13.1. The average Bonchev–Trinajstić information content (AvgIpc) is 3.06. The van der Waals surface area contributed by atoms with E-state index in [0.717, 1.165) is 32.7 Å². The number of hydrogen-bond acceptors (Lipinski definition) is 3. The lowest BCUT2D eigenvalue weighted by Crippen LogP contribution is -2.31. The van der Waals surface area contributed by atoms with Crippen molar-refractivity contribution in [3.05, 3.63) is 67.1 Å². The molecule has 0 atom stereocenters. The van der Waals surface area contributed by atoms with Crippen LogP contribution < -0.4 is 5.46 Å². The standard InChI is InChI=1S/C18H13BO3/c20-19(21)18-16-6-2-1-4-12(16)10-13-5-3-7-15(17(13)18)14-8-9-22-11-14/h1-11,20-21H. The maximum absolute atomic E-state index is 9.97. The first-order valence-electron chi connectivity index (χ1n) is 7.09. The van der Waals surface area contributed by atoms with Crippen LogP contribution in [0.4, 0.5) is 0 Å². The zero-order valence-corrected chi connectivity index (χ0v) is 11.7. The van der Waals surface area contributed by atoms with Crippen molar-refractivity contribution in [1.82, 2.24) is 0 Å². The third-order valence-corrected chi connectivity index (χ3v) is 4.02. The van der Waals surface area contributed by atoms with Crippen LogP contribution >= 0.6 is 0 Å². The fourth-order valence-corrected chi connectivity index (χ4v) is 3.09. The monoisotopic (exact) mass is 288 g/mol. The van der Waals surface area contributed by atoms with Crippen molar-refractivity contribution in [2.24, 2.45) is 0 Å². The van der Waals surface area contributed by atoms with Crippen LogP contribution in [0.25, 0.3) is 32.7 Å². The summed E-state index contributed by atoms with van der Waals surface area (Å²) in [4.78, 5) is 0. The second-order valence-corrected chi connectivity index (χ2v) is 5.30. The van der Waals surface area contributed by atoms with Gasteiger partial charge in [-0.1, -0.05) is 42.5 Å². The third-order valence-electron chi connectivity index (χ3n) is 4.02. The van der Waals surface area contributed by atoms with Gasteiger partial charge in [0.15, 0.2) is 0 Å². The highest BCUT2D eigenvalue weighted by Gasteiger charge is 2.21. The molecule has 0 saturated carbocycles. The van der Waals surface area contributed by atoms with Crippen LogP contribution in [-0.2, 0) is 0 Å². The third kappa shape index (κ3) is 1.93. The molecule has 4 heteroatoms. The van der Waals surface area contributed by atoms with Crippen LogP contribution in [0.15, 0.2) is 71.5 Å². The van der Waals surface area contributed by atoms with E-state index in [2.05, 4.69) is 6.07 Å². The first-order chi connectivity index (χ1) is 10.8. The Kier molecular flexibility index (Phi) is 3.00. The number of hydrogen-bond donors (Lipinski definition) is 2. The Morgan fingerprint density at radius 3 is 2.45 bits per heavy atom. The normalized spacial score (nSPS) is 11.2. The molecule has 1 aromatic heterocycles. The van der Waals surface area contributed by atoms with Gasteiger partial charge in [0.05, 0.1) is 12.5 Å². The minimum atomic E-state index is -1.54. The molecule has 0 saturated heterocycles. The van der Waals surface area contributed by atoms with E-state index in [1.165, 1.54) is 0 Å². The maximum Gasteiger partial charge on any atom is 0.489 e. The lowest BCUT2D eigenvalue weighted by Gasteiger charge is -2.14. The number of benzene rings is 3. The van der Waals surface area contributed by atoms with E-state index in [-0.39, 0.29) is 0 Å². The molecule has 0 radical (unpaired) electrons. The molecule has 1 heterocycles. The summed E-state index contributed by atoms with van der Waals surface area (Å²) >= 11 is 0. The number of furan rings is 1. The molecule has 2 N–H and O–H groups in total. The lowest BCUT2D eigenvalue weighted by atomic mass is 9.72. The molecule has 0 bridgehead atoms. The molecule has 4 aromatic rings. The van der Waals surface area contributed by atoms with Crippen LogP contribution in [0.3, 0.4) is 0 Å². The topological polar surface area (TPSA) is 53.6 Å². The molecule has 0 spiro atoms. The van der Waals surface area contributed by atoms with Gasteiger partial charge in [0.1, 0.15) is 0 Å². The summed E-state index contributed by atoms with van der Waals surface area (Å²) in [6.45, 7) is 0. The van der Waals surface area contributed by atoms with Crippen molar-refractivity contribution < 1.29 is 14.5 Å². The molecule has 3 aromatic carbocycles. The highest BCUT2D eigenvalue weighted by molar-refractivity contribution is 6.66. The second-order valence-electron chi connectivity index (χ2n) is 5.30. The molecule has 0 aliphatic carbocycles. The van der Waals surface area contributed by atoms with Crippen molar-refractivity contribution in [3.8, 4) is 11.1 Å². The first-order valence-corrected chi connectivity index (χ1v) is 7.09. The summed E-state index contributed by atoms with van der Waals surface area (Å²) in [5.41, 5.74) is 2.38. The van der Waals surface area contributed by atoms with Gasteiger partial charge < -0.3 is 14.5 Å². The largest absolute Gasteiger partial charge is 0.489 e. The van der Waals surface area contributed by atoms with E-state index >= 15 is 0 Å². The molecule has 0 fully saturated rings. The van der Waals surface area contributed by atoms with E-state index in [4.69, 9.17) is 4.42 Å². The van der Waals surface area contributed by atoms with Crippen molar-refractivity contribution in [2.75, 3.05) is 0 Å². The molecule has 22 heavy (non-hydrogen) atoms. The minimum absolute atomic E-state index is 0.532. The van der Waals surface area contributed by atoms with Crippen molar-refractivity contribution in [2.45, 2.75) is 0 Å². The van der Waals surface area contributed by atoms with Crippen molar-refractivity contribution in [1.29, 1.82) is 0 Å². The van der Waals surface area contributed by atoms with Gasteiger partial charge in [0.25, 0.3) is 0 Å². The van der Waals surface area contributed by atoms with E-state index < -0.39 is 7.12 Å². The van der Waals surface area contributed by atoms with Crippen LogP contribution in [0.2, 0.25) is 0 Å². The zero-order chi connectivity index (χ0) is 15.1. The predicted molar refractivity (Wildman–Crippen MR) is 89.0 cm³/mol. The summed E-state index contributed by atoms with van der Waals surface area (Å²) in [7, 11) is -1.54. The lowest BCUT2D eigenvalue weighted by molar-refractivity contribution is 0.426. The van der Waals surface area contributed by atoms with E-state index in [1.54, 1.807) is 12.5 Å². The number of rotatable bonds is 2. The Morgan fingerprint density at radius 1 is 0.864 bits per heavy atom. The van der Waals surface area contributed by atoms with E-state index in [9.17, 15) is 10.0 Å². The Balaban J connectivity index is 2.22. The van der Waals surface area contributed by atoms with E-state index in [0.29, 0.717) is 5.46 Å². The SMILES string of the molecule is OB(O)c1c2ccccc2cc2cccc(-c3ccoc3)c12. The predicted octanol–water partition coefficient (Wildman–Crippen LogP) is 2.93. The fraction of sp³-hybridized carbons (Fsp3) is 0. The van der Waals surface area contributed by atoms with Gasteiger partial charge in [0.2, 0.25) is 0 Å². The molecule has 0 aliphatic rings. The van der Waals surface area contributed by atoms with Crippen molar-refractivity contribution >= 4 is 34.1 Å². The molecule has 0 unspecified atom stereocenters. The molecular weight excluding hydrogens is 275 g/mol. The quantitative estimate of drug-likeness (QED) is 0.440. The van der Waals surface area contributed by atoms with E-state index in [1.807, 2.05) is 48.5 Å². The second kappa shape index (κ2) is 5.02. The highest BCUT2D eigenvalue weighted by Crippen LogP contribution is 2.31. The molecule has 4 rings (SSSR count). The highest BCUT2D eigenvalue weighted by atomic mass is 16.4. The minimum Gasteiger partial charge on any atom is -0.472 e. The summed E-state index contributed by atoms with van der Waals surface area (Å²) in [5, 5.41) is 23.6. The summed E-state index contributed by atoms with van der Waals surface area (Å²) in [6.07, 6.45) is 3.28. The molecule has 3 nitrogen and oxygen atoms in total. The van der Waals surface area contributed by atoms with Gasteiger partial charge in [-0.05, 0) is 44.7 Å². The van der Waals surface area contributed by atoms with Crippen LogP contribution in [0.5, 0.6) is 0 Å². The van der Waals surface area contributed by atoms with Crippen molar-refractivity contribution in [3.63, 3.8) is 0 Å². The van der Waals surface area contributed by atoms with Gasteiger partial charge >= 0.3 is 7.12 Å². The maximum atomic E-state index is 9.97. The Morgan fingerprint density at radius 2 is 1.68 bits per heavy atom. The smallest absolute Gasteiger partial charge is 0.472 e. The van der Waals surface area contributed by atoms with Gasteiger partial charge in [0, 0.05) is 5.56 Å². The summed E-state index contributed by atoms with van der Waals surface area (Å²) in [5.74, 6) is 0. The summed E-state index contributed by atoms with van der Waals surface area (Å²) < 4.78 is 5.18. The Hall–Kier alpha value is -2.56. The molecule has 0 amide bonds. The average molecular weight is 288 g/mol. The molecule has 0 aliphatic heterocycles. The van der Waals surface area contributed by atoms with Crippen LogP contribution in [0.1, 0.15) is 0 Å². The van der Waals surface area contributed by atoms with Crippen LogP contribution in [-0.4, -0.2) is 17.2 Å². The Labute approximate surface area is 127 Å². The van der Waals surface area contributed by atoms with Gasteiger partial charge in [-0.3, -0.25) is 0 Å². The Bertz CT molecular complexity index is 959. The zero-order valence-electron chi connectivity index (χ0n) is 11.7.